The summed E-state index contributed by atoms with van der Waals surface area (Å²) < 4.78 is 0. The summed E-state index contributed by atoms with van der Waals surface area (Å²) in [4.78, 5) is 21.9. The molecule has 0 spiro atoms. The van der Waals surface area contributed by atoms with Crippen LogP contribution >= 0.6 is 0 Å². The molecular weight excluding hydrogens is 204 g/mol. The normalized spacial score (nSPS) is 10.3. The van der Waals surface area contributed by atoms with E-state index in [2.05, 4.69) is 0 Å². The summed E-state index contributed by atoms with van der Waals surface area (Å²) >= 11 is 0. The fourth-order valence-corrected chi connectivity index (χ4v) is 1.60. The van der Waals surface area contributed by atoms with Crippen LogP contribution in [0, 0.1) is 0 Å². The number of hydrogen-bond acceptors (Lipinski definition) is 2. The average molecular weight is 214 g/mol. The molecule has 0 aliphatic rings. The molecule has 0 fully saturated rings. The molecule has 1 N–H and O–H groups in total. The van der Waals surface area contributed by atoms with Crippen LogP contribution in [0.2, 0.25) is 0 Å². The molecule has 0 radical (unpaired) electrons. The Morgan fingerprint density at radius 2 is 1.44 bits per heavy atom. The van der Waals surface area contributed by atoms with Crippen molar-refractivity contribution in [2.45, 2.75) is 6.92 Å². The topological polar surface area (TPSA) is 54.4 Å². The van der Waals surface area contributed by atoms with Gasteiger partial charge in [-0.25, -0.2) is 4.79 Å². The van der Waals surface area contributed by atoms with E-state index in [1.165, 1.54) is 13.0 Å². The smallest absolute Gasteiger partial charge is 0.335 e. The van der Waals surface area contributed by atoms with E-state index < -0.39 is 5.97 Å². The lowest BCUT2D eigenvalue weighted by Crippen LogP contribution is -1.96. The Labute approximate surface area is 92.3 Å². The van der Waals surface area contributed by atoms with E-state index in [1.807, 2.05) is 0 Å². The quantitative estimate of drug-likeness (QED) is 0.782. The van der Waals surface area contributed by atoms with Crippen LogP contribution in [0.4, 0.5) is 0 Å². The van der Waals surface area contributed by atoms with E-state index in [4.69, 9.17) is 5.11 Å². The van der Waals surface area contributed by atoms with Crippen molar-refractivity contribution in [3.8, 4) is 0 Å². The molecular formula is C13H10O3. The first-order valence-corrected chi connectivity index (χ1v) is 4.86. The molecule has 16 heavy (non-hydrogen) atoms. The molecule has 0 saturated carbocycles. The number of hydrogen-bond donors (Lipinski definition) is 1. The Morgan fingerprint density at radius 3 is 1.94 bits per heavy atom. The van der Waals surface area contributed by atoms with E-state index in [9.17, 15) is 9.59 Å². The zero-order valence-electron chi connectivity index (χ0n) is 8.73. The fourth-order valence-electron chi connectivity index (χ4n) is 1.60. The Kier molecular flexibility index (Phi) is 2.44. The Hall–Kier alpha value is -2.16. The molecule has 0 unspecified atom stereocenters. The van der Waals surface area contributed by atoms with E-state index in [1.54, 1.807) is 30.3 Å². The van der Waals surface area contributed by atoms with Gasteiger partial charge >= 0.3 is 5.97 Å². The van der Waals surface area contributed by atoms with Crippen molar-refractivity contribution < 1.29 is 14.7 Å². The highest BCUT2D eigenvalue weighted by Gasteiger charge is 2.05. The maximum absolute atomic E-state index is 11.2. The van der Waals surface area contributed by atoms with Crippen LogP contribution in [-0.4, -0.2) is 16.9 Å². The maximum atomic E-state index is 11.2. The van der Waals surface area contributed by atoms with Gasteiger partial charge in [0.2, 0.25) is 0 Å². The first-order chi connectivity index (χ1) is 7.58. The molecule has 0 aromatic heterocycles. The SMILES string of the molecule is CC(=O)c1ccc2cc(C(=O)O)ccc2c1. The van der Waals surface area contributed by atoms with E-state index >= 15 is 0 Å². The lowest BCUT2D eigenvalue weighted by molar-refractivity contribution is 0.0697. The monoisotopic (exact) mass is 214 g/mol. The highest BCUT2D eigenvalue weighted by atomic mass is 16.4. The standard InChI is InChI=1S/C13H10O3/c1-8(14)9-2-3-11-7-12(13(15)16)5-4-10(11)6-9/h2-7H,1H3,(H,15,16). The number of benzene rings is 2. The van der Waals surface area contributed by atoms with Crippen molar-refractivity contribution in [3.05, 3.63) is 47.5 Å². The summed E-state index contributed by atoms with van der Waals surface area (Å²) in [7, 11) is 0. The van der Waals surface area contributed by atoms with Crippen molar-refractivity contribution in [1.82, 2.24) is 0 Å². The number of carboxylic acid groups (broad SMARTS) is 1. The highest BCUT2D eigenvalue weighted by Crippen LogP contribution is 2.18. The molecule has 80 valence electrons. The lowest BCUT2D eigenvalue weighted by atomic mass is 10.0. The molecule has 3 heteroatoms. The summed E-state index contributed by atoms with van der Waals surface area (Å²) in [6.07, 6.45) is 0. The molecule has 0 bridgehead atoms. The van der Waals surface area contributed by atoms with Crippen LogP contribution in [0.15, 0.2) is 36.4 Å². The van der Waals surface area contributed by atoms with Crippen molar-refractivity contribution in [3.63, 3.8) is 0 Å². The van der Waals surface area contributed by atoms with Gasteiger partial charge in [-0.05, 0) is 35.9 Å². The predicted molar refractivity (Wildman–Crippen MR) is 60.9 cm³/mol. The van der Waals surface area contributed by atoms with Gasteiger partial charge in [0, 0.05) is 5.56 Å². The molecule has 3 nitrogen and oxygen atoms in total. The third-order valence-electron chi connectivity index (χ3n) is 2.49. The van der Waals surface area contributed by atoms with Crippen molar-refractivity contribution in [2.75, 3.05) is 0 Å². The van der Waals surface area contributed by atoms with Crippen LogP contribution in [0.3, 0.4) is 0 Å². The van der Waals surface area contributed by atoms with Gasteiger partial charge in [0.15, 0.2) is 5.78 Å². The number of Topliss-reactive ketones (excluding diaryl/α,β-unsaturated/α-hetero) is 1. The Morgan fingerprint density at radius 1 is 0.938 bits per heavy atom. The summed E-state index contributed by atoms with van der Waals surface area (Å²) in [5.74, 6) is -0.943. The third-order valence-corrected chi connectivity index (χ3v) is 2.49. The maximum Gasteiger partial charge on any atom is 0.335 e. The van der Waals surface area contributed by atoms with Gasteiger partial charge < -0.3 is 5.11 Å². The second-order valence-electron chi connectivity index (χ2n) is 3.64. The van der Waals surface area contributed by atoms with E-state index in [-0.39, 0.29) is 11.3 Å². The average Bonchev–Trinajstić information content (AvgIpc) is 2.27. The fraction of sp³-hybridized carbons (Fsp3) is 0.0769. The van der Waals surface area contributed by atoms with Gasteiger partial charge in [-0.3, -0.25) is 4.79 Å². The summed E-state index contributed by atoms with van der Waals surface area (Å²) in [6.45, 7) is 1.51. The van der Waals surface area contributed by atoms with Crippen LogP contribution < -0.4 is 0 Å². The van der Waals surface area contributed by atoms with E-state index in [0.29, 0.717) is 5.56 Å². The molecule has 0 aliphatic heterocycles. The minimum Gasteiger partial charge on any atom is -0.478 e. The molecule has 2 rings (SSSR count). The number of aromatic carboxylic acids is 1. The van der Waals surface area contributed by atoms with Gasteiger partial charge in [0.05, 0.1) is 5.56 Å². The number of carbonyl (C=O) groups is 2. The Balaban J connectivity index is 2.61. The number of carbonyl (C=O) groups excluding carboxylic acids is 1. The second-order valence-corrected chi connectivity index (χ2v) is 3.64. The number of fused-ring (bicyclic) bond motifs is 1. The molecule has 0 aliphatic carbocycles. The number of carboxylic acids is 1. The van der Waals surface area contributed by atoms with Gasteiger partial charge in [0.25, 0.3) is 0 Å². The number of ketones is 1. The van der Waals surface area contributed by atoms with Crippen LogP contribution in [0.1, 0.15) is 27.6 Å². The summed E-state index contributed by atoms with van der Waals surface area (Å²) in [5.41, 5.74) is 0.888. The van der Waals surface area contributed by atoms with Crippen LogP contribution in [0.5, 0.6) is 0 Å². The van der Waals surface area contributed by atoms with Crippen LogP contribution in [-0.2, 0) is 0 Å². The summed E-state index contributed by atoms with van der Waals surface area (Å²) in [6, 6.07) is 10.1. The minimum atomic E-state index is -0.947. The molecule has 2 aromatic rings. The van der Waals surface area contributed by atoms with Crippen molar-refractivity contribution in [1.29, 1.82) is 0 Å². The largest absolute Gasteiger partial charge is 0.478 e. The summed E-state index contributed by atoms with van der Waals surface area (Å²) in [5, 5.41) is 10.5. The first-order valence-electron chi connectivity index (χ1n) is 4.86. The predicted octanol–water partition coefficient (Wildman–Crippen LogP) is 2.74. The van der Waals surface area contributed by atoms with Crippen molar-refractivity contribution >= 4 is 22.5 Å². The minimum absolute atomic E-state index is 0.00390. The van der Waals surface area contributed by atoms with Gasteiger partial charge in [0.1, 0.15) is 0 Å². The number of rotatable bonds is 2. The second kappa shape index (κ2) is 3.77. The zero-order valence-corrected chi connectivity index (χ0v) is 8.73. The third kappa shape index (κ3) is 1.80. The van der Waals surface area contributed by atoms with Gasteiger partial charge in [-0.15, -0.1) is 0 Å². The molecule has 0 amide bonds. The Bertz CT molecular complexity index is 531. The molecule has 0 heterocycles. The zero-order chi connectivity index (χ0) is 11.7. The molecule has 0 saturated heterocycles. The highest BCUT2D eigenvalue weighted by molar-refractivity contribution is 6.00. The molecule has 0 atom stereocenters. The first kappa shape index (κ1) is 10.4. The van der Waals surface area contributed by atoms with Crippen LogP contribution in [0.25, 0.3) is 10.8 Å². The molecule has 2 aromatic carbocycles. The van der Waals surface area contributed by atoms with Gasteiger partial charge in [-0.1, -0.05) is 18.2 Å². The van der Waals surface area contributed by atoms with Gasteiger partial charge in [-0.2, -0.15) is 0 Å². The lowest BCUT2D eigenvalue weighted by Gasteiger charge is -2.01. The van der Waals surface area contributed by atoms with Crippen molar-refractivity contribution in [2.24, 2.45) is 0 Å². The van der Waals surface area contributed by atoms with E-state index in [0.717, 1.165) is 10.8 Å².